The van der Waals surface area contributed by atoms with Gasteiger partial charge in [0.1, 0.15) is 5.75 Å². The molecule has 0 aliphatic heterocycles. The van der Waals surface area contributed by atoms with Gasteiger partial charge in [0.2, 0.25) is 15.9 Å². The lowest BCUT2D eigenvalue weighted by Crippen LogP contribution is -2.37. The molecule has 1 N–H and O–H groups in total. The summed E-state index contributed by atoms with van der Waals surface area (Å²) in [6.45, 7) is 2.49. The first-order chi connectivity index (χ1) is 13.6. The lowest BCUT2D eigenvalue weighted by Gasteiger charge is -2.20. The van der Waals surface area contributed by atoms with E-state index in [9.17, 15) is 23.3 Å². The van der Waals surface area contributed by atoms with Crippen LogP contribution in [0, 0.1) is 17.0 Å². The first kappa shape index (κ1) is 22.6. The van der Waals surface area contributed by atoms with Crippen LogP contribution in [0.3, 0.4) is 0 Å². The number of nitro groups is 1. The van der Waals surface area contributed by atoms with Gasteiger partial charge in [-0.25, -0.2) is 8.42 Å². The molecule has 2 aromatic rings. The molecule has 2 rings (SSSR count). The zero-order chi connectivity index (χ0) is 21.8. The van der Waals surface area contributed by atoms with Crippen molar-refractivity contribution in [3.8, 4) is 5.75 Å². The average Bonchev–Trinajstić information content (AvgIpc) is 2.67. The van der Waals surface area contributed by atoms with Gasteiger partial charge in [-0.3, -0.25) is 14.9 Å². The summed E-state index contributed by atoms with van der Waals surface area (Å²) in [6, 6.07) is 8.68. The summed E-state index contributed by atoms with van der Waals surface area (Å²) in [5, 5.41) is 13.7. The second kappa shape index (κ2) is 9.21. The van der Waals surface area contributed by atoms with Gasteiger partial charge in [0, 0.05) is 29.9 Å². The fourth-order valence-corrected chi connectivity index (χ4v) is 4.29. The Labute approximate surface area is 173 Å². The molecule has 1 amide bonds. The Morgan fingerprint density at radius 3 is 2.59 bits per heavy atom. The second-order valence-corrected chi connectivity index (χ2v) is 8.36. The maximum Gasteiger partial charge on any atom is 0.275 e. The van der Waals surface area contributed by atoms with E-state index in [1.807, 2.05) is 0 Å². The van der Waals surface area contributed by atoms with Crippen LogP contribution in [0.5, 0.6) is 5.75 Å². The van der Waals surface area contributed by atoms with Crippen LogP contribution in [0.2, 0.25) is 5.02 Å². The van der Waals surface area contributed by atoms with E-state index in [1.165, 1.54) is 14.0 Å². The van der Waals surface area contributed by atoms with Crippen LogP contribution in [0.15, 0.2) is 41.3 Å². The van der Waals surface area contributed by atoms with Crippen LogP contribution < -0.4 is 10.1 Å². The fraction of sp³-hybridized carbons (Fsp3) is 0.278. The maximum atomic E-state index is 12.9. The number of benzene rings is 2. The number of carbonyl (C=O) groups excluding carboxylic acids is 1. The summed E-state index contributed by atoms with van der Waals surface area (Å²) in [6.07, 6.45) is 0. The monoisotopic (exact) mass is 441 g/mol. The minimum Gasteiger partial charge on any atom is -0.497 e. The molecule has 0 aliphatic rings. The molecule has 0 atom stereocenters. The van der Waals surface area contributed by atoms with Crippen molar-refractivity contribution < 1.29 is 22.9 Å². The molecule has 0 saturated carbocycles. The number of nitrogens with one attached hydrogen (secondary N) is 1. The number of halogens is 1. The SMILES string of the molecule is CCN(CC(=O)Nc1cccc(OC)c1)S(=O)(=O)c1cc(Cl)c(C)c([N+](=O)[O-])c1. The summed E-state index contributed by atoms with van der Waals surface area (Å²) in [7, 11) is -2.70. The summed E-state index contributed by atoms with van der Waals surface area (Å²) < 4.78 is 31.9. The smallest absolute Gasteiger partial charge is 0.275 e. The first-order valence-corrected chi connectivity index (χ1v) is 10.3. The molecule has 9 nitrogen and oxygen atoms in total. The molecule has 0 unspecified atom stereocenters. The Hall–Kier alpha value is -2.69. The lowest BCUT2D eigenvalue weighted by atomic mass is 10.2. The molecule has 0 bridgehead atoms. The number of methoxy groups -OCH3 is 1. The zero-order valence-corrected chi connectivity index (χ0v) is 17.6. The molecule has 0 heterocycles. The van der Waals surface area contributed by atoms with Crippen LogP contribution in [-0.2, 0) is 14.8 Å². The predicted octanol–water partition coefficient (Wildman–Crippen LogP) is 3.21. The number of anilines is 1. The molecule has 29 heavy (non-hydrogen) atoms. The number of rotatable bonds is 8. The zero-order valence-electron chi connectivity index (χ0n) is 16.0. The third-order valence-electron chi connectivity index (χ3n) is 4.15. The van der Waals surface area contributed by atoms with E-state index in [-0.39, 0.29) is 22.0 Å². The molecule has 0 aromatic heterocycles. The van der Waals surface area contributed by atoms with Crippen LogP contribution >= 0.6 is 11.6 Å². The average molecular weight is 442 g/mol. The predicted molar refractivity (Wildman–Crippen MR) is 109 cm³/mol. The van der Waals surface area contributed by atoms with Crippen molar-refractivity contribution >= 4 is 38.9 Å². The number of hydrogen-bond acceptors (Lipinski definition) is 6. The molecule has 156 valence electrons. The van der Waals surface area contributed by atoms with Gasteiger partial charge in [-0.15, -0.1) is 0 Å². The largest absolute Gasteiger partial charge is 0.497 e. The van der Waals surface area contributed by atoms with E-state index in [2.05, 4.69) is 5.32 Å². The van der Waals surface area contributed by atoms with E-state index >= 15 is 0 Å². The highest BCUT2D eigenvalue weighted by Crippen LogP contribution is 2.31. The fourth-order valence-electron chi connectivity index (χ4n) is 2.56. The van der Waals surface area contributed by atoms with Crippen LogP contribution in [0.1, 0.15) is 12.5 Å². The van der Waals surface area contributed by atoms with E-state index in [1.54, 1.807) is 31.2 Å². The molecule has 0 saturated heterocycles. The first-order valence-electron chi connectivity index (χ1n) is 8.48. The second-order valence-electron chi connectivity index (χ2n) is 6.02. The molecule has 0 radical (unpaired) electrons. The molecule has 11 heteroatoms. The van der Waals surface area contributed by atoms with Crippen molar-refractivity contribution in [1.82, 2.24) is 4.31 Å². The summed E-state index contributed by atoms with van der Waals surface area (Å²) in [4.78, 5) is 22.5. The van der Waals surface area contributed by atoms with Crippen molar-refractivity contribution in [2.45, 2.75) is 18.7 Å². The van der Waals surface area contributed by atoms with Crippen LogP contribution in [0.4, 0.5) is 11.4 Å². The number of amides is 1. The van der Waals surface area contributed by atoms with Gasteiger partial charge in [0.05, 0.1) is 28.5 Å². The van der Waals surface area contributed by atoms with Gasteiger partial charge in [-0.05, 0) is 25.1 Å². The van der Waals surface area contributed by atoms with E-state index in [0.717, 1.165) is 16.4 Å². The number of sulfonamides is 1. The topological polar surface area (TPSA) is 119 Å². The standard InChI is InChI=1S/C18H20ClN3O6S/c1-4-21(11-18(23)20-13-6-5-7-14(8-13)28-3)29(26,27)15-9-16(19)12(2)17(10-15)22(24)25/h5-10H,4,11H2,1-3H3,(H,20,23). The van der Waals surface area contributed by atoms with Gasteiger partial charge in [-0.1, -0.05) is 24.6 Å². The highest BCUT2D eigenvalue weighted by molar-refractivity contribution is 7.89. The Balaban J connectivity index is 2.28. The Bertz CT molecular complexity index is 1040. The minimum atomic E-state index is -4.19. The van der Waals surface area contributed by atoms with Crippen LogP contribution in [0.25, 0.3) is 0 Å². The minimum absolute atomic E-state index is 0.0207. The number of nitro benzene ring substituents is 1. The van der Waals surface area contributed by atoms with E-state index < -0.39 is 33.1 Å². The number of nitrogens with zero attached hydrogens (tertiary/aromatic N) is 2. The number of ether oxygens (including phenoxy) is 1. The van der Waals surface area contributed by atoms with Gasteiger partial charge >= 0.3 is 0 Å². The van der Waals surface area contributed by atoms with Gasteiger partial charge in [-0.2, -0.15) is 4.31 Å². The molecular formula is C18H20ClN3O6S. The van der Waals surface area contributed by atoms with Gasteiger partial charge in [0.25, 0.3) is 5.69 Å². The third-order valence-corrected chi connectivity index (χ3v) is 6.44. The lowest BCUT2D eigenvalue weighted by molar-refractivity contribution is -0.385. The molecule has 0 aliphatic carbocycles. The molecule has 2 aromatic carbocycles. The van der Waals surface area contributed by atoms with Crippen molar-refractivity contribution in [1.29, 1.82) is 0 Å². The molecule has 0 fully saturated rings. The quantitative estimate of drug-likeness (QED) is 0.496. The molecular weight excluding hydrogens is 422 g/mol. The van der Waals surface area contributed by atoms with Crippen molar-refractivity contribution in [3.05, 3.63) is 57.1 Å². The normalized spacial score (nSPS) is 11.3. The number of carbonyl (C=O) groups is 1. The van der Waals surface area contributed by atoms with Gasteiger partial charge < -0.3 is 10.1 Å². The third kappa shape index (κ3) is 5.22. The number of hydrogen-bond donors (Lipinski definition) is 1. The Morgan fingerprint density at radius 2 is 2.00 bits per heavy atom. The van der Waals surface area contributed by atoms with Crippen molar-refractivity contribution in [2.24, 2.45) is 0 Å². The maximum absolute atomic E-state index is 12.9. The Morgan fingerprint density at radius 1 is 1.31 bits per heavy atom. The Kier molecular flexibility index (Phi) is 7.17. The summed E-state index contributed by atoms with van der Waals surface area (Å²) >= 11 is 5.98. The van der Waals surface area contributed by atoms with E-state index in [4.69, 9.17) is 16.3 Å². The highest BCUT2D eigenvalue weighted by atomic mass is 35.5. The summed E-state index contributed by atoms with van der Waals surface area (Å²) in [5.74, 6) is -0.0410. The van der Waals surface area contributed by atoms with Crippen molar-refractivity contribution in [2.75, 3.05) is 25.5 Å². The highest BCUT2D eigenvalue weighted by Gasteiger charge is 2.29. The summed E-state index contributed by atoms with van der Waals surface area (Å²) in [5.41, 5.74) is 0.194. The van der Waals surface area contributed by atoms with E-state index in [0.29, 0.717) is 11.4 Å². The number of likely N-dealkylation sites (N-methyl/N-ethyl adjacent to an activating group) is 1. The van der Waals surface area contributed by atoms with Gasteiger partial charge in [0.15, 0.2) is 0 Å². The van der Waals surface area contributed by atoms with Crippen molar-refractivity contribution in [3.63, 3.8) is 0 Å². The van der Waals surface area contributed by atoms with Crippen LogP contribution in [-0.4, -0.2) is 43.8 Å². The molecule has 0 spiro atoms.